The smallest absolute Gasteiger partial charge is 0.120 e. The third-order valence-electron chi connectivity index (χ3n) is 0.709. The predicted molar refractivity (Wildman–Crippen MR) is 34.9 cm³/mol. The number of hydrogen-bond acceptors (Lipinski definition) is 2. The van der Waals surface area contributed by atoms with Crippen LogP contribution in [0.25, 0.3) is 0 Å². The average molecular weight is 127 g/mol. The van der Waals surface area contributed by atoms with Crippen LogP contribution in [-0.2, 0) is 4.84 Å². The SMILES string of the molecule is S=CN1C=CC=CO1. The van der Waals surface area contributed by atoms with Crippen molar-refractivity contribution in [3.63, 3.8) is 0 Å². The van der Waals surface area contributed by atoms with Crippen molar-refractivity contribution in [2.24, 2.45) is 0 Å². The second kappa shape index (κ2) is 2.47. The zero-order chi connectivity index (χ0) is 5.82. The lowest BCUT2D eigenvalue weighted by molar-refractivity contribution is 0.0203. The van der Waals surface area contributed by atoms with Gasteiger partial charge in [-0.25, -0.2) is 0 Å². The van der Waals surface area contributed by atoms with Crippen molar-refractivity contribution in [2.75, 3.05) is 0 Å². The van der Waals surface area contributed by atoms with Crippen molar-refractivity contribution in [3.8, 4) is 0 Å². The van der Waals surface area contributed by atoms with Gasteiger partial charge in [-0.15, -0.1) is 0 Å². The van der Waals surface area contributed by atoms with E-state index in [-0.39, 0.29) is 0 Å². The van der Waals surface area contributed by atoms with Crippen LogP contribution in [0.5, 0.6) is 0 Å². The van der Waals surface area contributed by atoms with Crippen LogP contribution in [0.15, 0.2) is 24.6 Å². The van der Waals surface area contributed by atoms with E-state index < -0.39 is 0 Å². The molecule has 0 aromatic rings. The van der Waals surface area contributed by atoms with E-state index in [1.165, 1.54) is 10.6 Å². The van der Waals surface area contributed by atoms with Gasteiger partial charge in [-0.05, 0) is 12.2 Å². The molecule has 0 bridgehead atoms. The third kappa shape index (κ3) is 1.07. The number of thiocarbonyl (C=S) groups is 1. The van der Waals surface area contributed by atoms with Crippen LogP contribution in [0.1, 0.15) is 0 Å². The Balaban J connectivity index is 2.51. The van der Waals surface area contributed by atoms with Gasteiger partial charge in [0.1, 0.15) is 11.8 Å². The molecule has 1 rings (SSSR count). The minimum atomic E-state index is 1.42. The first-order valence-electron chi connectivity index (χ1n) is 2.17. The lowest BCUT2D eigenvalue weighted by atomic mass is 10.6. The molecule has 8 heavy (non-hydrogen) atoms. The normalized spacial score (nSPS) is 15.8. The molecule has 0 aliphatic carbocycles. The second-order valence-corrected chi connectivity index (χ2v) is 1.45. The van der Waals surface area contributed by atoms with Gasteiger partial charge in [0.05, 0.1) is 0 Å². The van der Waals surface area contributed by atoms with Crippen LogP contribution in [-0.4, -0.2) is 10.6 Å². The Morgan fingerprint density at radius 1 is 1.50 bits per heavy atom. The van der Waals surface area contributed by atoms with Crippen molar-refractivity contribution in [1.82, 2.24) is 5.06 Å². The van der Waals surface area contributed by atoms with Crippen molar-refractivity contribution >= 4 is 17.7 Å². The van der Waals surface area contributed by atoms with E-state index in [0.29, 0.717) is 0 Å². The zero-order valence-electron chi connectivity index (χ0n) is 4.15. The maximum atomic E-state index is 4.83. The van der Waals surface area contributed by atoms with Gasteiger partial charge >= 0.3 is 0 Å². The zero-order valence-corrected chi connectivity index (χ0v) is 4.97. The fraction of sp³-hybridized carbons (Fsp3) is 0. The van der Waals surface area contributed by atoms with Gasteiger partial charge < -0.3 is 4.84 Å². The third-order valence-corrected chi connectivity index (χ3v) is 0.917. The molecule has 0 radical (unpaired) electrons. The number of hydrogen-bond donors (Lipinski definition) is 0. The molecule has 0 saturated heterocycles. The molecule has 0 spiro atoms. The molecule has 0 unspecified atom stereocenters. The molecule has 0 aromatic carbocycles. The van der Waals surface area contributed by atoms with Crippen LogP contribution < -0.4 is 0 Å². The highest BCUT2D eigenvalue weighted by atomic mass is 32.1. The van der Waals surface area contributed by atoms with Gasteiger partial charge in [0.25, 0.3) is 0 Å². The highest BCUT2D eigenvalue weighted by Gasteiger charge is 1.90. The summed E-state index contributed by atoms with van der Waals surface area (Å²) in [7, 11) is 0. The maximum Gasteiger partial charge on any atom is 0.120 e. The molecule has 0 saturated carbocycles. The average Bonchev–Trinajstić information content (AvgIpc) is 1.90. The van der Waals surface area contributed by atoms with E-state index in [1.807, 2.05) is 6.08 Å². The number of nitrogens with zero attached hydrogens (tertiary/aromatic N) is 1. The fourth-order valence-electron chi connectivity index (χ4n) is 0.380. The van der Waals surface area contributed by atoms with Gasteiger partial charge in [-0.2, -0.15) is 5.06 Å². The minimum absolute atomic E-state index is 1.42. The largest absolute Gasteiger partial charge is 0.383 e. The minimum Gasteiger partial charge on any atom is -0.383 e. The van der Waals surface area contributed by atoms with Crippen LogP contribution in [0, 0.1) is 0 Å². The summed E-state index contributed by atoms with van der Waals surface area (Å²) in [5, 5.41) is 1.44. The van der Waals surface area contributed by atoms with E-state index in [9.17, 15) is 0 Å². The Bertz CT molecular complexity index is 141. The number of rotatable bonds is 1. The topological polar surface area (TPSA) is 12.5 Å². The van der Waals surface area contributed by atoms with Gasteiger partial charge in [-0.3, -0.25) is 0 Å². The van der Waals surface area contributed by atoms with Crippen molar-refractivity contribution in [2.45, 2.75) is 0 Å². The summed E-state index contributed by atoms with van der Waals surface area (Å²) in [5.74, 6) is 0. The molecular formula is C5H5NOS. The fourth-order valence-corrected chi connectivity index (χ4v) is 0.500. The Morgan fingerprint density at radius 3 is 2.75 bits per heavy atom. The first-order valence-corrected chi connectivity index (χ1v) is 2.64. The molecule has 0 N–H and O–H groups in total. The van der Waals surface area contributed by atoms with E-state index in [1.54, 1.807) is 18.5 Å². The van der Waals surface area contributed by atoms with Crippen LogP contribution in [0.2, 0.25) is 0 Å². The maximum absolute atomic E-state index is 4.83. The summed E-state index contributed by atoms with van der Waals surface area (Å²) < 4.78 is 0. The molecule has 0 atom stereocenters. The predicted octanol–water partition coefficient (Wildman–Crippen LogP) is 1.22. The Kier molecular flexibility index (Phi) is 1.64. The lowest BCUT2D eigenvalue weighted by Crippen LogP contribution is -2.11. The van der Waals surface area contributed by atoms with Gasteiger partial charge in [-0.1, -0.05) is 12.2 Å². The van der Waals surface area contributed by atoms with E-state index in [4.69, 9.17) is 4.84 Å². The van der Waals surface area contributed by atoms with Crippen LogP contribution in [0.4, 0.5) is 0 Å². The van der Waals surface area contributed by atoms with Crippen LogP contribution >= 0.6 is 12.2 Å². The molecule has 1 heterocycles. The van der Waals surface area contributed by atoms with Crippen molar-refractivity contribution in [3.05, 3.63) is 24.6 Å². The van der Waals surface area contributed by atoms with E-state index in [0.717, 1.165) is 0 Å². The molecular weight excluding hydrogens is 122 g/mol. The molecule has 2 nitrogen and oxygen atoms in total. The van der Waals surface area contributed by atoms with Crippen molar-refractivity contribution in [1.29, 1.82) is 0 Å². The monoisotopic (exact) mass is 127 g/mol. The first kappa shape index (κ1) is 5.31. The standard InChI is InChI=1S/C5H5NOS/c8-5-6-3-1-2-4-7-6/h1-5H. The first-order chi connectivity index (χ1) is 3.93. The highest BCUT2D eigenvalue weighted by molar-refractivity contribution is 7.78. The molecule has 0 amide bonds. The molecule has 3 heteroatoms. The quantitative estimate of drug-likeness (QED) is 0.491. The summed E-state index contributed by atoms with van der Waals surface area (Å²) in [5.41, 5.74) is 1.42. The van der Waals surface area contributed by atoms with Crippen molar-refractivity contribution < 1.29 is 4.84 Å². The highest BCUT2D eigenvalue weighted by Crippen LogP contribution is 1.95. The lowest BCUT2D eigenvalue weighted by Gasteiger charge is -2.12. The molecule has 0 aromatic heterocycles. The van der Waals surface area contributed by atoms with E-state index >= 15 is 0 Å². The number of hydroxylamine groups is 2. The summed E-state index contributed by atoms with van der Waals surface area (Å²) in [6.07, 6.45) is 6.91. The Hall–Kier alpha value is -0.830. The van der Waals surface area contributed by atoms with E-state index in [2.05, 4.69) is 12.2 Å². The second-order valence-electron chi connectivity index (χ2n) is 1.24. The summed E-state index contributed by atoms with van der Waals surface area (Å²) in [4.78, 5) is 4.83. The number of allylic oxidation sites excluding steroid dienone is 2. The summed E-state index contributed by atoms with van der Waals surface area (Å²) in [6.45, 7) is 0. The molecule has 42 valence electrons. The molecule has 1 aliphatic rings. The molecule has 1 aliphatic heterocycles. The van der Waals surface area contributed by atoms with Gasteiger partial charge in [0, 0.05) is 6.20 Å². The Labute approximate surface area is 53.0 Å². The van der Waals surface area contributed by atoms with Crippen LogP contribution in [0.3, 0.4) is 0 Å². The summed E-state index contributed by atoms with van der Waals surface area (Å²) >= 11 is 4.56. The summed E-state index contributed by atoms with van der Waals surface area (Å²) in [6, 6.07) is 0. The van der Waals surface area contributed by atoms with Gasteiger partial charge in [0.15, 0.2) is 0 Å². The van der Waals surface area contributed by atoms with Gasteiger partial charge in [0.2, 0.25) is 0 Å². The molecule has 0 fully saturated rings. The Morgan fingerprint density at radius 2 is 2.38 bits per heavy atom.